The molecule has 1 heterocycles. The van der Waals surface area contributed by atoms with Gasteiger partial charge in [0.05, 0.1) is 21.3 Å². The van der Waals surface area contributed by atoms with E-state index in [1.807, 2.05) is 32.0 Å². The third-order valence-electron chi connectivity index (χ3n) is 4.61. The van der Waals surface area contributed by atoms with E-state index in [1.165, 1.54) is 21.3 Å². The third-order valence-corrected chi connectivity index (χ3v) is 4.61. The molecule has 0 aliphatic carbocycles. The van der Waals surface area contributed by atoms with E-state index in [1.54, 1.807) is 12.1 Å². The highest BCUT2D eigenvalue weighted by Gasteiger charge is 2.18. The quantitative estimate of drug-likeness (QED) is 0.599. The van der Waals surface area contributed by atoms with Gasteiger partial charge in [0.15, 0.2) is 11.5 Å². The van der Waals surface area contributed by atoms with Crippen molar-refractivity contribution in [3.63, 3.8) is 0 Å². The molecular weight excluding hydrogens is 386 g/mol. The van der Waals surface area contributed by atoms with Crippen LogP contribution in [0.25, 0.3) is 11.4 Å². The van der Waals surface area contributed by atoms with Crippen LogP contribution in [-0.2, 0) is 11.2 Å². The molecule has 3 aromatic rings. The number of nitrogens with zero attached hydrogens (tertiary/aromatic N) is 2. The average Bonchev–Trinajstić information content (AvgIpc) is 3.22. The van der Waals surface area contributed by atoms with E-state index in [9.17, 15) is 4.79 Å². The van der Waals surface area contributed by atoms with Gasteiger partial charge < -0.3 is 24.1 Å². The van der Waals surface area contributed by atoms with E-state index in [-0.39, 0.29) is 12.3 Å². The highest BCUT2D eigenvalue weighted by molar-refractivity contribution is 5.91. The molecule has 0 bridgehead atoms. The second-order valence-electron chi connectivity index (χ2n) is 6.79. The van der Waals surface area contributed by atoms with Gasteiger partial charge in [-0.25, -0.2) is 0 Å². The third kappa shape index (κ3) is 4.71. The lowest BCUT2D eigenvalue weighted by Gasteiger charge is -2.12. The average molecular weight is 411 g/mol. The van der Waals surface area contributed by atoms with Gasteiger partial charge in [-0.2, -0.15) is 4.98 Å². The summed E-state index contributed by atoms with van der Waals surface area (Å²) in [5.74, 6) is 2.09. The topological polar surface area (TPSA) is 95.7 Å². The second-order valence-corrected chi connectivity index (χ2v) is 6.79. The maximum absolute atomic E-state index is 12.3. The lowest BCUT2D eigenvalue weighted by atomic mass is 10.1. The van der Waals surface area contributed by atoms with E-state index in [4.69, 9.17) is 18.7 Å². The summed E-state index contributed by atoms with van der Waals surface area (Å²) in [6.07, 6.45) is 0.554. The Morgan fingerprint density at radius 2 is 1.73 bits per heavy atom. The number of anilines is 1. The number of benzene rings is 2. The van der Waals surface area contributed by atoms with Gasteiger partial charge in [-0.15, -0.1) is 0 Å². The number of aryl methyl sites for hydroxylation is 3. The monoisotopic (exact) mass is 411 g/mol. The zero-order valence-electron chi connectivity index (χ0n) is 17.7. The number of hydrogen-bond donors (Lipinski definition) is 1. The van der Waals surface area contributed by atoms with Crippen LogP contribution in [-0.4, -0.2) is 37.4 Å². The SMILES string of the molecule is COc1cc(-c2noc(CCC(=O)Nc3ccc(C)cc3C)n2)cc(OC)c1OC. The molecule has 0 saturated carbocycles. The summed E-state index contributed by atoms with van der Waals surface area (Å²) in [5.41, 5.74) is 3.62. The number of amides is 1. The van der Waals surface area contributed by atoms with E-state index >= 15 is 0 Å². The first-order valence-electron chi connectivity index (χ1n) is 9.45. The number of carbonyl (C=O) groups is 1. The van der Waals surface area contributed by atoms with Crippen LogP contribution in [0.4, 0.5) is 5.69 Å². The van der Waals surface area contributed by atoms with Crippen LogP contribution in [0.5, 0.6) is 17.2 Å². The molecule has 8 heteroatoms. The predicted octanol–water partition coefficient (Wildman–Crippen LogP) is 3.95. The summed E-state index contributed by atoms with van der Waals surface area (Å²) in [6, 6.07) is 9.37. The Hall–Kier alpha value is -3.55. The number of hydrogen-bond acceptors (Lipinski definition) is 7. The van der Waals surface area contributed by atoms with E-state index in [0.717, 1.165) is 16.8 Å². The van der Waals surface area contributed by atoms with Gasteiger partial charge in [0.2, 0.25) is 23.4 Å². The number of carbonyl (C=O) groups excluding carboxylic acids is 1. The second kappa shape index (κ2) is 9.30. The smallest absolute Gasteiger partial charge is 0.227 e. The van der Waals surface area contributed by atoms with E-state index in [0.29, 0.717) is 40.9 Å². The molecule has 0 atom stereocenters. The molecule has 0 fully saturated rings. The molecule has 0 aliphatic heterocycles. The first-order valence-corrected chi connectivity index (χ1v) is 9.45. The summed E-state index contributed by atoms with van der Waals surface area (Å²) < 4.78 is 21.3. The molecular formula is C22H25N3O5. The van der Waals surface area contributed by atoms with Gasteiger partial charge in [0.1, 0.15) is 0 Å². The standard InChI is InChI=1S/C22H25N3O5/c1-13-6-7-16(14(2)10-13)23-19(26)8-9-20-24-22(25-30-20)15-11-17(27-3)21(29-5)18(12-15)28-4/h6-7,10-12H,8-9H2,1-5H3,(H,23,26). The van der Waals surface area contributed by atoms with Crippen LogP contribution in [0.3, 0.4) is 0 Å². The number of rotatable bonds is 8. The van der Waals surface area contributed by atoms with Crippen molar-refractivity contribution >= 4 is 11.6 Å². The Balaban J connectivity index is 1.68. The fourth-order valence-electron chi connectivity index (χ4n) is 3.07. The van der Waals surface area contributed by atoms with Crippen molar-refractivity contribution in [2.24, 2.45) is 0 Å². The molecule has 1 amide bonds. The van der Waals surface area contributed by atoms with Gasteiger partial charge in [0, 0.05) is 24.1 Å². The number of ether oxygens (including phenoxy) is 3. The molecule has 1 aromatic heterocycles. The van der Waals surface area contributed by atoms with Gasteiger partial charge in [-0.05, 0) is 37.6 Å². The number of aromatic nitrogens is 2. The van der Waals surface area contributed by atoms with Crippen LogP contribution in [0.1, 0.15) is 23.4 Å². The summed E-state index contributed by atoms with van der Waals surface area (Å²) >= 11 is 0. The van der Waals surface area contributed by atoms with Gasteiger partial charge in [-0.1, -0.05) is 22.9 Å². The Bertz CT molecular complexity index is 1020. The predicted molar refractivity (Wildman–Crippen MR) is 112 cm³/mol. The van der Waals surface area contributed by atoms with Crippen LogP contribution in [0.15, 0.2) is 34.9 Å². The minimum absolute atomic E-state index is 0.116. The van der Waals surface area contributed by atoms with Gasteiger partial charge >= 0.3 is 0 Å². The molecule has 8 nitrogen and oxygen atoms in total. The van der Waals surface area contributed by atoms with Crippen molar-refractivity contribution in [3.8, 4) is 28.6 Å². The number of methoxy groups -OCH3 is 3. The zero-order chi connectivity index (χ0) is 21.7. The zero-order valence-corrected chi connectivity index (χ0v) is 17.7. The molecule has 158 valence electrons. The fraction of sp³-hybridized carbons (Fsp3) is 0.318. The molecule has 0 aliphatic rings. The molecule has 0 spiro atoms. The molecule has 3 rings (SSSR count). The lowest BCUT2D eigenvalue weighted by molar-refractivity contribution is -0.116. The van der Waals surface area contributed by atoms with E-state index in [2.05, 4.69) is 15.5 Å². The van der Waals surface area contributed by atoms with Gasteiger partial charge in [0.25, 0.3) is 0 Å². The first-order chi connectivity index (χ1) is 14.4. The minimum Gasteiger partial charge on any atom is -0.493 e. The Morgan fingerprint density at radius 1 is 1.03 bits per heavy atom. The maximum Gasteiger partial charge on any atom is 0.227 e. The maximum atomic E-state index is 12.3. The summed E-state index contributed by atoms with van der Waals surface area (Å²) in [7, 11) is 4.61. The summed E-state index contributed by atoms with van der Waals surface area (Å²) in [6.45, 7) is 3.98. The minimum atomic E-state index is -0.116. The Morgan fingerprint density at radius 3 is 2.33 bits per heavy atom. The van der Waals surface area contributed by atoms with Gasteiger partial charge in [-0.3, -0.25) is 4.79 Å². The van der Waals surface area contributed by atoms with Crippen molar-refractivity contribution < 1.29 is 23.5 Å². The van der Waals surface area contributed by atoms with Crippen LogP contribution in [0, 0.1) is 13.8 Å². The van der Waals surface area contributed by atoms with Crippen LogP contribution >= 0.6 is 0 Å². The number of nitrogens with one attached hydrogen (secondary N) is 1. The molecule has 0 saturated heterocycles. The highest BCUT2D eigenvalue weighted by Crippen LogP contribution is 2.40. The first kappa shape index (κ1) is 21.2. The van der Waals surface area contributed by atoms with Crippen molar-refractivity contribution in [3.05, 3.63) is 47.3 Å². The molecule has 1 N–H and O–H groups in total. The molecule has 0 radical (unpaired) electrons. The summed E-state index contributed by atoms with van der Waals surface area (Å²) in [4.78, 5) is 16.7. The van der Waals surface area contributed by atoms with Crippen molar-refractivity contribution in [1.29, 1.82) is 0 Å². The largest absolute Gasteiger partial charge is 0.493 e. The molecule has 2 aromatic carbocycles. The Labute approximate surface area is 175 Å². The normalized spacial score (nSPS) is 10.6. The van der Waals surface area contributed by atoms with E-state index < -0.39 is 0 Å². The van der Waals surface area contributed by atoms with Crippen LogP contribution in [0.2, 0.25) is 0 Å². The van der Waals surface area contributed by atoms with Crippen LogP contribution < -0.4 is 19.5 Å². The highest BCUT2D eigenvalue weighted by atomic mass is 16.5. The van der Waals surface area contributed by atoms with Crippen molar-refractivity contribution in [2.75, 3.05) is 26.6 Å². The fourth-order valence-corrected chi connectivity index (χ4v) is 3.07. The molecule has 30 heavy (non-hydrogen) atoms. The van der Waals surface area contributed by atoms with Crippen molar-refractivity contribution in [2.45, 2.75) is 26.7 Å². The Kier molecular flexibility index (Phi) is 6.56. The lowest BCUT2D eigenvalue weighted by Crippen LogP contribution is -2.13. The molecule has 0 unspecified atom stereocenters. The van der Waals surface area contributed by atoms with Crippen molar-refractivity contribution in [1.82, 2.24) is 10.1 Å². The summed E-state index contributed by atoms with van der Waals surface area (Å²) in [5, 5.41) is 6.92.